The second-order valence-corrected chi connectivity index (χ2v) is 10.0. The Morgan fingerprint density at radius 3 is 2.58 bits per heavy atom. The van der Waals surface area contributed by atoms with Crippen molar-refractivity contribution in [2.75, 3.05) is 14.2 Å². The van der Waals surface area contributed by atoms with Crippen molar-refractivity contribution in [3.8, 4) is 5.75 Å². The smallest absolute Gasteiger partial charge is 0.330 e. The zero-order valence-corrected chi connectivity index (χ0v) is 19.4. The molecule has 31 heavy (non-hydrogen) atoms. The molecule has 1 fully saturated rings. The van der Waals surface area contributed by atoms with Crippen LogP contribution in [0.5, 0.6) is 5.75 Å². The molecule has 4 heteroatoms. The van der Waals surface area contributed by atoms with E-state index in [1.54, 1.807) is 14.0 Å². The van der Waals surface area contributed by atoms with Gasteiger partial charge in [0, 0.05) is 23.2 Å². The maximum absolute atomic E-state index is 11.1. The molecule has 4 rings (SSSR count). The van der Waals surface area contributed by atoms with Gasteiger partial charge in [0.25, 0.3) is 0 Å². The van der Waals surface area contributed by atoms with Gasteiger partial charge in [0.05, 0.1) is 7.11 Å². The van der Waals surface area contributed by atoms with Gasteiger partial charge < -0.3 is 9.84 Å². The minimum Gasteiger partial charge on any atom is -0.496 e. The molecule has 4 nitrogen and oxygen atoms in total. The molecule has 0 saturated heterocycles. The largest absolute Gasteiger partial charge is 0.496 e. The van der Waals surface area contributed by atoms with Crippen LogP contribution >= 0.6 is 0 Å². The van der Waals surface area contributed by atoms with Crippen molar-refractivity contribution < 1.29 is 14.6 Å². The molecule has 1 N–H and O–H groups in total. The summed E-state index contributed by atoms with van der Waals surface area (Å²) in [5.74, 6) is 0.277. The highest BCUT2D eigenvalue weighted by atomic mass is 16.5. The van der Waals surface area contributed by atoms with Crippen LogP contribution in [0.2, 0.25) is 0 Å². The van der Waals surface area contributed by atoms with Crippen molar-refractivity contribution in [1.29, 1.82) is 0 Å². The zero-order valence-electron chi connectivity index (χ0n) is 19.4. The maximum atomic E-state index is 11.1. The van der Waals surface area contributed by atoms with Crippen LogP contribution in [0.1, 0.15) is 75.6 Å². The minimum absolute atomic E-state index is 0.113. The molecule has 0 heterocycles. The molecule has 0 radical (unpaired) electrons. The Morgan fingerprint density at radius 1 is 1.26 bits per heavy atom. The Balaban J connectivity index is 1.68. The highest BCUT2D eigenvalue weighted by Crippen LogP contribution is 2.50. The third-order valence-electron chi connectivity index (χ3n) is 7.35. The van der Waals surface area contributed by atoms with E-state index in [-0.39, 0.29) is 11.3 Å². The van der Waals surface area contributed by atoms with Crippen LogP contribution in [-0.2, 0) is 10.2 Å². The number of carbonyl (C=O) groups is 1. The molecule has 1 aromatic carbocycles. The lowest BCUT2D eigenvalue weighted by Gasteiger charge is -2.42. The van der Waals surface area contributed by atoms with Crippen molar-refractivity contribution in [2.24, 2.45) is 5.92 Å². The molecular formula is C27H35NO3. The number of fused-ring (bicyclic) bond motifs is 1. The molecule has 2 atom stereocenters. The van der Waals surface area contributed by atoms with E-state index in [4.69, 9.17) is 9.84 Å². The summed E-state index contributed by atoms with van der Waals surface area (Å²) in [4.78, 5) is 13.7. The van der Waals surface area contributed by atoms with Crippen LogP contribution < -0.4 is 4.74 Å². The number of aliphatic carboxylic acids is 1. The lowest BCUT2D eigenvalue weighted by molar-refractivity contribution is -0.132. The van der Waals surface area contributed by atoms with Crippen LogP contribution in [0.15, 0.2) is 42.0 Å². The van der Waals surface area contributed by atoms with Gasteiger partial charge in [-0.1, -0.05) is 44.2 Å². The normalized spacial score (nSPS) is 25.2. The monoisotopic (exact) mass is 421 g/mol. The van der Waals surface area contributed by atoms with E-state index in [2.05, 4.69) is 56.2 Å². The average Bonchev–Trinajstić information content (AvgIpc) is 3.59. The van der Waals surface area contributed by atoms with E-state index in [1.165, 1.54) is 47.9 Å². The van der Waals surface area contributed by atoms with E-state index in [0.717, 1.165) is 12.2 Å². The lowest BCUT2D eigenvalue weighted by Crippen LogP contribution is -2.35. The van der Waals surface area contributed by atoms with Crippen LogP contribution in [0, 0.1) is 5.92 Å². The predicted octanol–water partition coefficient (Wildman–Crippen LogP) is 5.89. The number of ether oxygens (including phenoxy) is 1. The summed E-state index contributed by atoms with van der Waals surface area (Å²) < 4.78 is 5.97. The van der Waals surface area contributed by atoms with E-state index in [9.17, 15) is 4.79 Å². The molecule has 1 saturated carbocycles. The number of carboxylic acid groups (broad SMARTS) is 1. The Morgan fingerprint density at radius 2 is 2.00 bits per heavy atom. The van der Waals surface area contributed by atoms with Gasteiger partial charge in [0.2, 0.25) is 0 Å². The maximum Gasteiger partial charge on any atom is 0.330 e. The zero-order chi connectivity index (χ0) is 22.3. The summed E-state index contributed by atoms with van der Waals surface area (Å²) in [6.07, 6.45) is 14.1. The quantitative estimate of drug-likeness (QED) is 0.582. The Bertz CT molecular complexity index is 965. The van der Waals surface area contributed by atoms with Crippen molar-refractivity contribution in [1.82, 2.24) is 4.90 Å². The summed E-state index contributed by atoms with van der Waals surface area (Å²) in [7, 11) is 4.06. The molecule has 0 amide bonds. The van der Waals surface area contributed by atoms with Gasteiger partial charge in [-0.05, 0) is 80.2 Å². The van der Waals surface area contributed by atoms with Gasteiger partial charge in [0.15, 0.2) is 0 Å². The first kappa shape index (κ1) is 21.9. The molecule has 0 spiro atoms. The molecule has 0 aliphatic heterocycles. The highest BCUT2D eigenvalue weighted by Gasteiger charge is 2.40. The van der Waals surface area contributed by atoms with Crippen LogP contribution in [0.4, 0.5) is 0 Å². The fourth-order valence-electron chi connectivity index (χ4n) is 5.15. The Labute approximate surface area is 186 Å². The predicted molar refractivity (Wildman–Crippen MR) is 125 cm³/mol. The number of methoxy groups -OCH3 is 1. The summed E-state index contributed by atoms with van der Waals surface area (Å²) in [6.45, 7) is 6.35. The van der Waals surface area contributed by atoms with E-state index < -0.39 is 5.97 Å². The molecule has 2 unspecified atom stereocenters. The number of nitrogens with zero attached hydrogens (tertiary/aromatic N) is 1. The van der Waals surface area contributed by atoms with Crippen LogP contribution in [0.25, 0.3) is 5.57 Å². The molecule has 3 aliphatic carbocycles. The number of hydrogen-bond donors (Lipinski definition) is 1. The second-order valence-electron chi connectivity index (χ2n) is 10.0. The Hall–Kier alpha value is -2.33. The Kier molecular flexibility index (Phi) is 5.87. The fraction of sp³-hybridized carbons (Fsp3) is 0.519. The van der Waals surface area contributed by atoms with E-state index >= 15 is 0 Å². The van der Waals surface area contributed by atoms with Crippen LogP contribution in [-0.4, -0.2) is 36.2 Å². The van der Waals surface area contributed by atoms with Crippen molar-refractivity contribution in [3.63, 3.8) is 0 Å². The molecule has 0 aromatic heterocycles. The number of benzene rings is 1. The topological polar surface area (TPSA) is 49.8 Å². The first-order valence-electron chi connectivity index (χ1n) is 11.5. The first-order valence-corrected chi connectivity index (χ1v) is 11.5. The van der Waals surface area contributed by atoms with E-state index in [0.29, 0.717) is 17.7 Å². The third kappa shape index (κ3) is 4.36. The lowest BCUT2D eigenvalue weighted by atomic mass is 9.69. The molecule has 0 bridgehead atoms. The fourth-order valence-corrected chi connectivity index (χ4v) is 5.15. The van der Waals surface area contributed by atoms with Gasteiger partial charge >= 0.3 is 5.97 Å². The number of allylic oxidation sites excluding steroid dienone is 5. The number of hydrogen-bond acceptors (Lipinski definition) is 3. The molecule has 166 valence electrons. The number of rotatable bonds is 6. The van der Waals surface area contributed by atoms with Crippen molar-refractivity contribution in [2.45, 2.75) is 70.4 Å². The molecule has 1 aromatic rings. The van der Waals surface area contributed by atoms with Crippen LogP contribution in [0.3, 0.4) is 0 Å². The van der Waals surface area contributed by atoms with Gasteiger partial charge in [-0.25, -0.2) is 4.79 Å². The van der Waals surface area contributed by atoms with Gasteiger partial charge in [0.1, 0.15) is 5.75 Å². The standard InChI is InChI=1S/C27H35NO3/c1-17(26(29)30)14-18-6-8-19(9-7-18)20-15-22-25(24(16-20)31-5)23(12-13-27(22,2)3)28(4)21-10-11-21/h6,8-9,14-16,18,21,23H,7,10-13H2,1-5H3,(H,29,30)/b17-14+. The number of carboxylic acids is 1. The summed E-state index contributed by atoms with van der Waals surface area (Å²) in [6, 6.07) is 5.71. The summed E-state index contributed by atoms with van der Waals surface area (Å²) >= 11 is 0. The van der Waals surface area contributed by atoms with Crippen molar-refractivity contribution in [3.05, 3.63) is 58.7 Å². The summed E-state index contributed by atoms with van der Waals surface area (Å²) in [5, 5.41) is 9.14. The van der Waals surface area contributed by atoms with Gasteiger partial charge in [-0.3, -0.25) is 4.90 Å². The van der Waals surface area contributed by atoms with Gasteiger partial charge in [-0.15, -0.1) is 0 Å². The minimum atomic E-state index is -0.851. The first-order chi connectivity index (χ1) is 14.7. The van der Waals surface area contributed by atoms with Gasteiger partial charge in [-0.2, -0.15) is 0 Å². The molecule has 3 aliphatic rings. The van der Waals surface area contributed by atoms with Crippen molar-refractivity contribution >= 4 is 11.5 Å². The van der Waals surface area contributed by atoms with E-state index in [1.807, 2.05) is 6.08 Å². The summed E-state index contributed by atoms with van der Waals surface area (Å²) in [5.41, 5.74) is 5.66. The SMILES string of the molecule is COc1cc(C2=CCC(/C=C(\C)C(=O)O)C=C2)cc2c1C(N(C)C1CC1)CCC2(C)C. The molecular weight excluding hydrogens is 386 g/mol. The second kappa shape index (κ2) is 8.31. The third-order valence-corrected chi connectivity index (χ3v) is 7.35. The average molecular weight is 422 g/mol. The highest BCUT2D eigenvalue weighted by molar-refractivity contribution is 5.86.